The van der Waals surface area contributed by atoms with Gasteiger partial charge in [-0.15, -0.1) is 0 Å². The fourth-order valence-electron chi connectivity index (χ4n) is 4.97. The summed E-state index contributed by atoms with van der Waals surface area (Å²) in [5.41, 5.74) is 2.40. The molecule has 1 aliphatic carbocycles. The maximum absolute atomic E-state index is 5.89. The van der Waals surface area contributed by atoms with Gasteiger partial charge in [-0.3, -0.25) is 4.68 Å². The molecular weight excluding hydrogens is 338 g/mol. The molecule has 1 aromatic heterocycles. The lowest BCUT2D eigenvalue weighted by Gasteiger charge is -2.40. The Morgan fingerprint density at radius 3 is 2.44 bits per heavy atom. The topological polar surface area (TPSA) is 39.5 Å². The molecule has 0 unspecified atom stereocenters. The maximum atomic E-state index is 5.89. The molecule has 148 valence electrons. The van der Waals surface area contributed by atoms with Gasteiger partial charge in [0, 0.05) is 26.2 Å². The monoisotopic (exact) mass is 371 g/mol. The molecule has 0 atom stereocenters. The molecule has 2 aliphatic rings. The Morgan fingerprint density at radius 2 is 1.78 bits per heavy atom. The van der Waals surface area contributed by atoms with Crippen molar-refractivity contribution in [2.75, 3.05) is 26.8 Å². The predicted octanol–water partition coefficient (Wildman–Crippen LogP) is 4.34. The van der Waals surface area contributed by atoms with Crippen LogP contribution >= 0.6 is 0 Å². The van der Waals surface area contributed by atoms with Crippen molar-refractivity contribution >= 4 is 10.9 Å². The number of likely N-dealkylation sites (tertiary alicyclic amines) is 1. The van der Waals surface area contributed by atoms with Crippen molar-refractivity contribution in [3.63, 3.8) is 0 Å². The van der Waals surface area contributed by atoms with Gasteiger partial charge in [-0.25, -0.2) is 0 Å². The highest BCUT2D eigenvalue weighted by atomic mass is 16.5. The Bertz CT molecular complexity index is 756. The third kappa shape index (κ3) is 3.72. The molecule has 0 spiro atoms. The van der Waals surface area contributed by atoms with Crippen LogP contribution in [0.4, 0.5) is 0 Å². The van der Waals surface area contributed by atoms with E-state index in [-0.39, 0.29) is 0 Å². The molecule has 0 amide bonds. The van der Waals surface area contributed by atoms with Gasteiger partial charge in [0.2, 0.25) is 0 Å². The van der Waals surface area contributed by atoms with Crippen molar-refractivity contribution < 1.29 is 9.47 Å². The number of aryl methyl sites for hydroxylation is 1. The normalized spacial score (nSPS) is 25.1. The lowest BCUT2D eigenvalue weighted by atomic mass is 9.90. The van der Waals surface area contributed by atoms with Gasteiger partial charge in [0.05, 0.1) is 35.9 Å². The quantitative estimate of drug-likeness (QED) is 0.784. The van der Waals surface area contributed by atoms with Crippen molar-refractivity contribution in [3.05, 3.63) is 23.9 Å². The fourth-order valence-corrected chi connectivity index (χ4v) is 4.97. The lowest BCUT2D eigenvalue weighted by molar-refractivity contribution is 0.0292. The van der Waals surface area contributed by atoms with Gasteiger partial charge in [0.1, 0.15) is 5.75 Å². The summed E-state index contributed by atoms with van der Waals surface area (Å²) >= 11 is 0. The van der Waals surface area contributed by atoms with Crippen LogP contribution in [0.5, 0.6) is 5.75 Å². The second-order valence-corrected chi connectivity index (χ2v) is 8.10. The minimum atomic E-state index is 0.484. The molecule has 1 saturated heterocycles. The second kappa shape index (κ2) is 8.19. The highest BCUT2D eigenvalue weighted by Gasteiger charge is 2.30. The van der Waals surface area contributed by atoms with Crippen LogP contribution in [-0.2, 0) is 4.74 Å². The third-order valence-electron chi connectivity index (χ3n) is 6.56. The minimum absolute atomic E-state index is 0.484. The molecule has 0 bridgehead atoms. The zero-order chi connectivity index (χ0) is 18.8. The van der Waals surface area contributed by atoms with E-state index in [0.717, 1.165) is 17.2 Å². The molecule has 1 saturated carbocycles. The number of nitrogens with zero attached hydrogens (tertiary/aromatic N) is 3. The van der Waals surface area contributed by atoms with Crippen molar-refractivity contribution in [1.29, 1.82) is 0 Å². The molecule has 0 radical (unpaired) electrons. The van der Waals surface area contributed by atoms with E-state index in [1.165, 1.54) is 62.7 Å². The first-order valence-corrected chi connectivity index (χ1v) is 10.6. The first-order valence-electron chi connectivity index (χ1n) is 10.6. The number of aromatic nitrogens is 2. The third-order valence-corrected chi connectivity index (χ3v) is 6.56. The van der Waals surface area contributed by atoms with Crippen LogP contribution in [0.3, 0.4) is 0 Å². The van der Waals surface area contributed by atoms with Gasteiger partial charge in [-0.2, -0.15) is 5.10 Å². The SMILES string of the molecule is CCOc1c(C)ccc2c1cnn2C1CCN(C2CCC(OC)CC2)CC1. The van der Waals surface area contributed by atoms with Crippen molar-refractivity contribution in [3.8, 4) is 5.75 Å². The van der Waals surface area contributed by atoms with E-state index in [0.29, 0.717) is 18.8 Å². The molecule has 0 N–H and O–H groups in total. The number of rotatable bonds is 5. The van der Waals surface area contributed by atoms with Crippen molar-refractivity contribution in [2.45, 2.75) is 70.6 Å². The average Bonchev–Trinajstić information content (AvgIpc) is 3.15. The Morgan fingerprint density at radius 1 is 1.04 bits per heavy atom. The molecule has 27 heavy (non-hydrogen) atoms. The summed E-state index contributed by atoms with van der Waals surface area (Å²) in [7, 11) is 1.85. The second-order valence-electron chi connectivity index (χ2n) is 8.10. The molecule has 2 aromatic rings. The van der Waals surface area contributed by atoms with E-state index >= 15 is 0 Å². The van der Waals surface area contributed by atoms with Crippen LogP contribution in [0.25, 0.3) is 10.9 Å². The van der Waals surface area contributed by atoms with E-state index in [4.69, 9.17) is 14.6 Å². The van der Waals surface area contributed by atoms with Gasteiger partial charge >= 0.3 is 0 Å². The molecular formula is C22H33N3O2. The van der Waals surface area contributed by atoms with Crippen molar-refractivity contribution in [2.24, 2.45) is 0 Å². The van der Waals surface area contributed by atoms with Gasteiger partial charge in [-0.05, 0) is 64.0 Å². The van der Waals surface area contributed by atoms with E-state index in [2.05, 4.69) is 28.6 Å². The summed E-state index contributed by atoms with van der Waals surface area (Å²) in [6.07, 6.45) is 9.82. The number of hydrogen-bond acceptors (Lipinski definition) is 4. The fraction of sp³-hybridized carbons (Fsp3) is 0.682. The first-order chi connectivity index (χ1) is 13.2. The molecule has 4 rings (SSSR count). The highest BCUT2D eigenvalue weighted by Crippen LogP contribution is 2.34. The first kappa shape index (κ1) is 18.8. The molecule has 1 aromatic carbocycles. The number of fused-ring (bicyclic) bond motifs is 1. The number of benzene rings is 1. The maximum Gasteiger partial charge on any atom is 0.133 e. The molecule has 5 nitrogen and oxygen atoms in total. The largest absolute Gasteiger partial charge is 0.493 e. The zero-order valence-electron chi connectivity index (χ0n) is 17.0. The van der Waals surface area contributed by atoms with Gasteiger partial charge in [-0.1, -0.05) is 6.07 Å². The Balaban J connectivity index is 1.43. The van der Waals surface area contributed by atoms with Gasteiger partial charge in [0.15, 0.2) is 0 Å². The summed E-state index contributed by atoms with van der Waals surface area (Å²) in [4.78, 5) is 2.71. The number of methoxy groups -OCH3 is 1. The van der Waals surface area contributed by atoms with Crippen LogP contribution in [0.2, 0.25) is 0 Å². The van der Waals surface area contributed by atoms with Crippen LogP contribution in [0.15, 0.2) is 18.3 Å². The standard InChI is InChI=1S/C22H33N3O2/c1-4-27-22-16(2)5-10-21-20(22)15-23-25(21)18-11-13-24(14-12-18)17-6-8-19(26-3)9-7-17/h5,10,15,17-19H,4,6-9,11-14H2,1-3H3. The molecule has 2 fully saturated rings. The number of piperidine rings is 1. The Hall–Kier alpha value is -1.59. The molecule has 2 heterocycles. The summed E-state index contributed by atoms with van der Waals surface area (Å²) in [5, 5.41) is 5.91. The smallest absolute Gasteiger partial charge is 0.133 e. The summed E-state index contributed by atoms with van der Waals surface area (Å²) in [5.74, 6) is 0.994. The van der Waals surface area contributed by atoms with Crippen LogP contribution in [0, 0.1) is 6.92 Å². The summed E-state index contributed by atoms with van der Waals surface area (Å²) in [6, 6.07) is 5.61. The highest BCUT2D eigenvalue weighted by molar-refractivity contribution is 5.86. The number of hydrogen-bond donors (Lipinski definition) is 0. The van der Waals surface area contributed by atoms with Gasteiger partial charge < -0.3 is 14.4 Å². The molecule has 5 heteroatoms. The number of ether oxygens (including phenoxy) is 2. The zero-order valence-corrected chi connectivity index (χ0v) is 17.0. The van der Waals surface area contributed by atoms with Crippen LogP contribution in [0.1, 0.15) is 57.1 Å². The lowest BCUT2D eigenvalue weighted by Crippen LogP contribution is -2.44. The Kier molecular flexibility index (Phi) is 5.69. The molecule has 1 aliphatic heterocycles. The van der Waals surface area contributed by atoms with Crippen LogP contribution in [-0.4, -0.2) is 53.6 Å². The van der Waals surface area contributed by atoms with Crippen molar-refractivity contribution in [1.82, 2.24) is 14.7 Å². The summed E-state index contributed by atoms with van der Waals surface area (Å²) in [6.45, 7) is 7.20. The van der Waals surface area contributed by atoms with E-state index in [9.17, 15) is 0 Å². The Labute approximate surface area is 162 Å². The van der Waals surface area contributed by atoms with E-state index in [1.807, 2.05) is 20.2 Å². The predicted molar refractivity (Wildman–Crippen MR) is 109 cm³/mol. The average molecular weight is 372 g/mol. The van der Waals surface area contributed by atoms with Crippen LogP contribution < -0.4 is 4.74 Å². The van der Waals surface area contributed by atoms with E-state index < -0.39 is 0 Å². The van der Waals surface area contributed by atoms with E-state index in [1.54, 1.807) is 0 Å². The summed E-state index contributed by atoms with van der Waals surface area (Å²) < 4.78 is 13.7. The minimum Gasteiger partial charge on any atom is -0.493 e. The van der Waals surface area contributed by atoms with Gasteiger partial charge in [0.25, 0.3) is 0 Å².